The molecule has 0 aliphatic carbocycles. The predicted octanol–water partition coefficient (Wildman–Crippen LogP) is 2.65. The Kier molecular flexibility index (Phi) is 4.92. The third kappa shape index (κ3) is 3.66. The highest BCUT2D eigenvalue weighted by molar-refractivity contribution is 7.13. The average molecular weight is 266 g/mol. The Labute approximate surface area is 111 Å². The number of hydrogen-bond donors (Lipinski definition) is 2. The van der Waals surface area contributed by atoms with E-state index in [1.807, 2.05) is 17.5 Å². The van der Waals surface area contributed by atoms with E-state index < -0.39 is 0 Å². The minimum absolute atomic E-state index is 0.266. The Bertz CT molecular complexity index is 453. The van der Waals surface area contributed by atoms with E-state index in [2.05, 4.69) is 17.2 Å². The first-order chi connectivity index (χ1) is 8.79. The molecule has 0 saturated heterocycles. The lowest BCUT2D eigenvalue weighted by atomic mass is 10.2. The summed E-state index contributed by atoms with van der Waals surface area (Å²) in [4.78, 5) is 4.48. The summed E-state index contributed by atoms with van der Waals surface area (Å²) in [5.74, 6) is 0.803. The molecule has 0 aliphatic rings. The zero-order valence-corrected chi connectivity index (χ0v) is 11.2. The lowest BCUT2D eigenvalue weighted by molar-refractivity contribution is 0.160. The van der Waals surface area contributed by atoms with Crippen LogP contribution in [0.15, 0.2) is 28.2 Å². The van der Waals surface area contributed by atoms with Gasteiger partial charge in [0.1, 0.15) is 0 Å². The molecule has 2 aromatic rings. The molecular weight excluding hydrogens is 248 g/mol. The second kappa shape index (κ2) is 6.68. The van der Waals surface area contributed by atoms with Crippen LogP contribution in [0.3, 0.4) is 0 Å². The van der Waals surface area contributed by atoms with Gasteiger partial charge in [-0.3, -0.25) is 0 Å². The first-order valence-corrected chi connectivity index (χ1v) is 7.04. The Morgan fingerprint density at radius 2 is 2.44 bits per heavy atom. The van der Waals surface area contributed by atoms with Gasteiger partial charge in [0.15, 0.2) is 10.8 Å². The van der Waals surface area contributed by atoms with Crippen molar-refractivity contribution in [2.45, 2.75) is 32.4 Å². The van der Waals surface area contributed by atoms with Crippen molar-refractivity contribution in [3.8, 4) is 10.8 Å². The first kappa shape index (κ1) is 13.3. The lowest BCUT2D eigenvalue weighted by Crippen LogP contribution is -2.26. The van der Waals surface area contributed by atoms with Crippen LogP contribution >= 0.6 is 11.3 Å². The van der Waals surface area contributed by atoms with Gasteiger partial charge in [-0.2, -0.15) is 0 Å². The molecule has 2 N–H and O–H groups in total. The summed E-state index contributed by atoms with van der Waals surface area (Å²) < 4.78 is 5.30. The van der Waals surface area contributed by atoms with Crippen molar-refractivity contribution in [1.29, 1.82) is 0 Å². The quantitative estimate of drug-likeness (QED) is 0.809. The number of thiazole rings is 1. The fourth-order valence-electron chi connectivity index (χ4n) is 1.70. The Hall–Kier alpha value is -1.17. The third-order valence-electron chi connectivity index (χ3n) is 2.59. The smallest absolute Gasteiger partial charge is 0.162 e. The van der Waals surface area contributed by atoms with E-state index in [1.165, 1.54) is 0 Å². The van der Waals surface area contributed by atoms with Gasteiger partial charge in [0, 0.05) is 18.5 Å². The normalized spacial score (nSPS) is 12.8. The summed E-state index contributed by atoms with van der Waals surface area (Å²) in [6, 6.07) is 3.76. The minimum Gasteiger partial charge on any atom is -0.462 e. The molecule has 0 spiro atoms. The minimum atomic E-state index is -0.266. The molecule has 2 heterocycles. The molecule has 0 radical (unpaired) electrons. The lowest BCUT2D eigenvalue weighted by Gasteiger charge is -2.09. The molecule has 0 fully saturated rings. The van der Waals surface area contributed by atoms with Gasteiger partial charge in [-0.25, -0.2) is 4.98 Å². The molecule has 0 amide bonds. The van der Waals surface area contributed by atoms with Crippen LogP contribution in [0.25, 0.3) is 10.8 Å². The van der Waals surface area contributed by atoms with Crippen molar-refractivity contribution >= 4 is 11.3 Å². The molecule has 18 heavy (non-hydrogen) atoms. The second-order valence-corrected chi connectivity index (χ2v) is 5.05. The summed E-state index contributed by atoms with van der Waals surface area (Å²) in [7, 11) is 0. The summed E-state index contributed by atoms with van der Waals surface area (Å²) in [6.07, 6.45) is 3.22. The van der Waals surface area contributed by atoms with Crippen molar-refractivity contribution in [3.63, 3.8) is 0 Å². The van der Waals surface area contributed by atoms with E-state index in [0.29, 0.717) is 13.1 Å². The number of aliphatic hydroxyl groups is 1. The highest BCUT2D eigenvalue weighted by atomic mass is 32.1. The highest BCUT2D eigenvalue weighted by Crippen LogP contribution is 2.23. The molecule has 2 rings (SSSR count). The molecule has 2 aromatic heterocycles. The van der Waals surface area contributed by atoms with Crippen LogP contribution in [-0.2, 0) is 6.54 Å². The monoisotopic (exact) mass is 266 g/mol. The van der Waals surface area contributed by atoms with Crippen LogP contribution in [0.5, 0.6) is 0 Å². The number of nitrogens with one attached hydrogen (secondary N) is 1. The molecule has 98 valence electrons. The fourth-order valence-corrected chi connectivity index (χ4v) is 2.49. The maximum Gasteiger partial charge on any atom is 0.162 e. The fraction of sp³-hybridized carbons (Fsp3) is 0.462. The van der Waals surface area contributed by atoms with Gasteiger partial charge in [0.05, 0.1) is 18.1 Å². The van der Waals surface area contributed by atoms with Gasteiger partial charge in [-0.05, 0) is 18.6 Å². The van der Waals surface area contributed by atoms with Crippen LogP contribution in [0.4, 0.5) is 0 Å². The van der Waals surface area contributed by atoms with Crippen molar-refractivity contribution in [1.82, 2.24) is 10.3 Å². The molecule has 5 heteroatoms. The second-order valence-electron chi connectivity index (χ2n) is 4.19. The Morgan fingerprint density at radius 3 is 3.17 bits per heavy atom. The van der Waals surface area contributed by atoms with Gasteiger partial charge in [-0.15, -0.1) is 11.3 Å². The standard InChI is InChI=1S/C13H18N2O2S/c1-2-4-11(16)8-14-7-10-9-18-13(15-10)12-5-3-6-17-12/h3,5-6,9,11,14,16H,2,4,7-8H2,1H3. The highest BCUT2D eigenvalue weighted by Gasteiger charge is 2.07. The summed E-state index contributed by atoms with van der Waals surface area (Å²) in [6.45, 7) is 3.36. The van der Waals surface area contributed by atoms with Crippen LogP contribution in [0, 0.1) is 0 Å². The van der Waals surface area contributed by atoms with Crippen molar-refractivity contribution in [3.05, 3.63) is 29.5 Å². The van der Waals surface area contributed by atoms with E-state index in [0.717, 1.165) is 29.3 Å². The van der Waals surface area contributed by atoms with E-state index >= 15 is 0 Å². The van der Waals surface area contributed by atoms with Crippen molar-refractivity contribution in [2.24, 2.45) is 0 Å². The molecule has 0 aromatic carbocycles. The van der Waals surface area contributed by atoms with Gasteiger partial charge in [0.25, 0.3) is 0 Å². The predicted molar refractivity (Wildman–Crippen MR) is 72.4 cm³/mol. The largest absolute Gasteiger partial charge is 0.462 e. The molecule has 1 unspecified atom stereocenters. The number of aliphatic hydroxyl groups excluding tert-OH is 1. The van der Waals surface area contributed by atoms with Crippen LogP contribution < -0.4 is 5.32 Å². The van der Waals surface area contributed by atoms with E-state index in [4.69, 9.17) is 4.42 Å². The number of aromatic nitrogens is 1. The van der Waals surface area contributed by atoms with Crippen LogP contribution in [0.2, 0.25) is 0 Å². The zero-order chi connectivity index (χ0) is 12.8. The maximum absolute atomic E-state index is 9.59. The van der Waals surface area contributed by atoms with Gasteiger partial charge < -0.3 is 14.8 Å². The Balaban J connectivity index is 1.81. The Morgan fingerprint density at radius 1 is 1.56 bits per heavy atom. The van der Waals surface area contributed by atoms with E-state index in [9.17, 15) is 5.11 Å². The third-order valence-corrected chi connectivity index (χ3v) is 3.50. The number of furan rings is 1. The molecule has 1 atom stereocenters. The van der Waals surface area contributed by atoms with Gasteiger partial charge in [0.2, 0.25) is 0 Å². The molecular formula is C13H18N2O2S. The number of rotatable bonds is 7. The molecule has 0 saturated carbocycles. The first-order valence-electron chi connectivity index (χ1n) is 6.16. The number of nitrogens with zero attached hydrogens (tertiary/aromatic N) is 1. The van der Waals surface area contributed by atoms with Crippen LogP contribution in [0.1, 0.15) is 25.5 Å². The topological polar surface area (TPSA) is 58.3 Å². The van der Waals surface area contributed by atoms with Gasteiger partial charge in [-0.1, -0.05) is 13.3 Å². The maximum atomic E-state index is 9.59. The molecule has 4 nitrogen and oxygen atoms in total. The summed E-state index contributed by atoms with van der Waals surface area (Å²) in [5.41, 5.74) is 0.982. The average Bonchev–Trinajstić information content (AvgIpc) is 2.99. The molecule has 0 bridgehead atoms. The SMILES string of the molecule is CCCC(O)CNCc1csc(-c2ccco2)n1. The van der Waals surface area contributed by atoms with Crippen molar-refractivity contribution in [2.75, 3.05) is 6.54 Å². The van der Waals surface area contributed by atoms with Crippen molar-refractivity contribution < 1.29 is 9.52 Å². The van der Waals surface area contributed by atoms with Crippen LogP contribution in [-0.4, -0.2) is 22.7 Å². The summed E-state index contributed by atoms with van der Waals surface area (Å²) in [5, 5.41) is 15.7. The molecule has 0 aliphatic heterocycles. The number of hydrogen-bond acceptors (Lipinski definition) is 5. The van der Waals surface area contributed by atoms with Gasteiger partial charge >= 0.3 is 0 Å². The van der Waals surface area contributed by atoms with E-state index in [-0.39, 0.29) is 6.10 Å². The van der Waals surface area contributed by atoms with E-state index in [1.54, 1.807) is 17.6 Å². The zero-order valence-electron chi connectivity index (χ0n) is 10.4. The summed E-state index contributed by atoms with van der Waals surface area (Å²) >= 11 is 1.57.